The van der Waals surface area contributed by atoms with Gasteiger partial charge >= 0.3 is 0 Å². The molecule has 0 aromatic rings. The summed E-state index contributed by atoms with van der Waals surface area (Å²) in [5.41, 5.74) is 6.19. The summed E-state index contributed by atoms with van der Waals surface area (Å²) in [4.78, 5) is 2.53. The summed E-state index contributed by atoms with van der Waals surface area (Å²) in [7, 11) is 2.25. The van der Waals surface area contributed by atoms with E-state index in [1.165, 1.54) is 44.9 Å². The lowest BCUT2D eigenvalue weighted by Crippen LogP contribution is -2.50. The Morgan fingerprint density at radius 2 is 1.93 bits per heavy atom. The van der Waals surface area contributed by atoms with E-state index in [1.54, 1.807) is 0 Å². The summed E-state index contributed by atoms with van der Waals surface area (Å²) in [5.74, 6) is 0. The molecular formula is C13H28N2. The lowest BCUT2D eigenvalue weighted by molar-refractivity contribution is 0.122. The monoisotopic (exact) mass is 212 g/mol. The van der Waals surface area contributed by atoms with Crippen LogP contribution in [-0.2, 0) is 0 Å². The van der Waals surface area contributed by atoms with Crippen LogP contribution in [0.5, 0.6) is 0 Å². The third-order valence-corrected chi connectivity index (χ3v) is 3.95. The van der Waals surface area contributed by atoms with E-state index in [-0.39, 0.29) is 5.54 Å². The van der Waals surface area contributed by atoms with Gasteiger partial charge in [0.05, 0.1) is 0 Å². The van der Waals surface area contributed by atoms with Crippen molar-refractivity contribution in [1.82, 2.24) is 4.90 Å². The average Bonchev–Trinajstić information content (AvgIpc) is 3.06. The van der Waals surface area contributed by atoms with Crippen LogP contribution in [0.3, 0.4) is 0 Å². The Labute approximate surface area is 95.2 Å². The fraction of sp³-hybridized carbons (Fsp3) is 1.00. The van der Waals surface area contributed by atoms with E-state index in [1.807, 2.05) is 0 Å². The zero-order chi connectivity index (χ0) is 11.3. The largest absolute Gasteiger partial charge is 0.329 e. The fourth-order valence-electron chi connectivity index (χ4n) is 2.26. The van der Waals surface area contributed by atoms with E-state index in [2.05, 4.69) is 25.8 Å². The van der Waals surface area contributed by atoms with Gasteiger partial charge in [-0.1, -0.05) is 32.6 Å². The molecule has 0 aliphatic heterocycles. The number of hydrogen-bond donors (Lipinski definition) is 1. The van der Waals surface area contributed by atoms with E-state index in [4.69, 9.17) is 5.73 Å². The Morgan fingerprint density at radius 3 is 2.40 bits per heavy atom. The molecule has 15 heavy (non-hydrogen) atoms. The molecule has 1 aliphatic carbocycles. The third-order valence-electron chi connectivity index (χ3n) is 3.95. The van der Waals surface area contributed by atoms with Gasteiger partial charge in [0.1, 0.15) is 0 Å². The zero-order valence-corrected chi connectivity index (χ0v) is 10.8. The number of nitrogens with zero attached hydrogens (tertiary/aromatic N) is 1. The van der Waals surface area contributed by atoms with Crippen molar-refractivity contribution in [2.75, 3.05) is 13.6 Å². The van der Waals surface area contributed by atoms with Crippen molar-refractivity contribution in [2.24, 2.45) is 5.73 Å². The molecule has 2 nitrogen and oxygen atoms in total. The van der Waals surface area contributed by atoms with Gasteiger partial charge in [0.2, 0.25) is 0 Å². The molecule has 1 atom stereocenters. The first kappa shape index (κ1) is 13.0. The summed E-state index contributed by atoms with van der Waals surface area (Å²) >= 11 is 0. The van der Waals surface area contributed by atoms with E-state index in [0.29, 0.717) is 0 Å². The van der Waals surface area contributed by atoms with Crippen molar-refractivity contribution in [3.63, 3.8) is 0 Å². The summed E-state index contributed by atoms with van der Waals surface area (Å²) in [6.07, 6.45) is 9.40. The van der Waals surface area contributed by atoms with Gasteiger partial charge in [0, 0.05) is 18.1 Å². The first-order valence-electron chi connectivity index (χ1n) is 6.57. The topological polar surface area (TPSA) is 29.3 Å². The Bertz CT molecular complexity index is 177. The molecule has 0 heterocycles. The van der Waals surface area contributed by atoms with Crippen molar-refractivity contribution in [2.45, 2.75) is 70.4 Å². The number of hydrogen-bond acceptors (Lipinski definition) is 2. The molecule has 0 aromatic carbocycles. The van der Waals surface area contributed by atoms with Crippen LogP contribution in [0.1, 0.15) is 58.8 Å². The van der Waals surface area contributed by atoms with Gasteiger partial charge in [-0.25, -0.2) is 0 Å². The molecular weight excluding hydrogens is 184 g/mol. The van der Waals surface area contributed by atoms with Crippen LogP contribution in [0.4, 0.5) is 0 Å². The molecule has 90 valence electrons. The van der Waals surface area contributed by atoms with Gasteiger partial charge < -0.3 is 5.73 Å². The fourth-order valence-corrected chi connectivity index (χ4v) is 2.26. The van der Waals surface area contributed by atoms with Crippen LogP contribution in [0.15, 0.2) is 0 Å². The molecule has 0 spiro atoms. The highest BCUT2D eigenvalue weighted by Gasteiger charge is 2.37. The minimum atomic E-state index is 0.245. The zero-order valence-electron chi connectivity index (χ0n) is 10.8. The molecule has 0 saturated heterocycles. The number of unbranched alkanes of at least 4 members (excludes halogenated alkanes) is 3. The molecule has 2 N–H and O–H groups in total. The molecule has 0 amide bonds. The maximum atomic E-state index is 5.95. The van der Waals surface area contributed by atoms with Gasteiger partial charge in [-0.15, -0.1) is 0 Å². The van der Waals surface area contributed by atoms with Gasteiger partial charge in [-0.3, -0.25) is 4.90 Å². The van der Waals surface area contributed by atoms with Crippen LogP contribution in [0.2, 0.25) is 0 Å². The van der Waals surface area contributed by atoms with Gasteiger partial charge in [-0.2, -0.15) is 0 Å². The molecule has 1 unspecified atom stereocenters. The minimum absolute atomic E-state index is 0.245. The highest BCUT2D eigenvalue weighted by atomic mass is 15.2. The summed E-state index contributed by atoms with van der Waals surface area (Å²) in [6, 6.07) is 0.824. The normalized spacial score (nSPS) is 20.6. The molecule has 1 aliphatic rings. The van der Waals surface area contributed by atoms with Crippen molar-refractivity contribution in [1.29, 1.82) is 0 Å². The second kappa shape index (κ2) is 5.86. The van der Waals surface area contributed by atoms with Crippen molar-refractivity contribution < 1.29 is 0 Å². The predicted molar refractivity (Wildman–Crippen MR) is 67.0 cm³/mol. The van der Waals surface area contributed by atoms with E-state index >= 15 is 0 Å². The number of likely N-dealkylation sites (N-methyl/N-ethyl adjacent to an activating group) is 1. The maximum Gasteiger partial charge on any atom is 0.0303 e. The summed E-state index contributed by atoms with van der Waals surface area (Å²) in [5, 5.41) is 0. The van der Waals surface area contributed by atoms with Crippen LogP contribution in [-0.4, -0.2) is 30.1 Å². The maximum absolute atomic E-state index is 5.95. The Kier molecular flexibility index (Phi) is 5.07. The van der Waals surface area contributed by atoms with Crippen molar-refractivity contribution in [3.05, 3.63) is 0 Å². The Hall–Kier alpha value is -0.0800. The smallest absolute Gasteiger partial charge is 0.0303 e. The predicted octanol–water partition coefficient (Wildman–Crippen LogP) is 2.77. The average molecular weight is 212 g/mol. The van der Waals surface area contributed by atoms with Crippen LogP contribution in [0.25, 0.3) is 0 Å². The lowest BCUT2D eigenvalue weighted by Gasteiger charge is -2.38. The van der Waals surface area contributed by atoms with Gasteiger partial charge in [-0.05, 0) is 33.2 Å². The standard InChI is InChI=1S/C13H28N2/c1-4-5-6-7-10-13(2,11-14)15(3)12-8-9-12/h12H,4-11,14H2,1-3H3. The second-order valence-corrected chi connectivity index (χ2v) is 5.35. The molecule has 1 fully saturated rings. The highest BCUT2D eigenvalue weighted by Crippen LogP contribution is 2.33. The molecule has 0 aromatic heterocycles. The SMILES string of the molecule is CCCCCCC(C)(CN)N(C)C1CC1. The van der Waals surface area contributed by atoms with Crippen LogP contribution in [0, 0.1) is 0 Å². The molecule has 2 heteroatoms. The molecule has 1 saturated carbocycles. The van der Waals surface area contributed by atoms with E-state index in [0.717, 1.165) is 12.6 Å². The van der Waals surface area contributed by atoms with Gasteiger partial charge in [0.25, 0.3) is 0 Å². The summed E-state index contributed by atoms with van der Waals surface area (Å²) < 4.78 is 0. The van der Waals surface area contributed by atoms with Crippen molar-refractivity contribution >= 4 is 0 Å². The number of nitrogens with two attached hydrogens (primary N) is 1. The Morgan fingerprint density at radius 1 is 1.27 bits per heavy atom. The molecule has 0 bridgehead atoms. The lowest BCUT2D eigenvalue weighted by atomic mass is 9.92. The Balaban J connectivity index is 2.30. The first-order chi connectivity index (χ1) is 7.14. The van der Waals surface area contributed by atoms with E-state index < -0.39 is 0 Å². The third kappa shape index (κ3) is 3.76. The highest BCUT2D eigenvalue weighted by molar-refractivity contribution is 4.94. The molecule has 1 rings (SSSR count). The van der Waals surface area contributed by atoms with Crippen LogP contribution < -0.4 is 5.73 Å². The van der Waals surface area contributed by atoms with E-state index in [9.17, 15) is 0 Å². The number of rotatable bonds is 8. The first-order valence-corrected chi connectivity index (χ1v) is 6.57. The van der Waals surface area contributed by atoms with Gasteiger partial charge in [0.15, 0.2) is 0 Å². The summed E-state index contributed by atoms with van der Waals surface area (Å²) in [6.45, 7) is 5.39. The second-order valence-electron chi connectivity index (χ2n) is 5.35. The van der Waals surface area contributed by atoms with Crippen molar-refractivity contribution in [3.8, 4) is 0 Å². The molecule has 0 radical (unpaired) electrons. The van der Waals surface area contributed by atoms with Crippen LogP contribution >= 0.6 is 0 Å². The minimum Gasteiger partial charge on any atom is -0.329 e. The quantitative estimate of drug-likeness (QED) is 0.627.